The van der Waals surface area contributed by atoms with E-state index in [1.54, 1.807) is 23.6 Å². The fraction of sp³-hybridized carbons (Fsp3) is 0.333. The van der Waals surface area contributed by atoms with Crippen molar-refractivity contribution >= 4 is 34.4 Å². The number of thiophene rings is 1. The van der Waals surface area contributed by atoms with Gasteiger partial charge in [0, 0.05) is 17.5 Å². The SMILES string of the molecule is Cc1csc([C@@H](C#N)C(=O)COC(=O)CCc2ccsc2)n1. The van der Waals surface area contributed by atoms with Crippen LogP contribution < -0.4 is 0 Å². The van der Waals surface area contributed by atoms with Gasteiger partial charge in [0.1, 0.15) is 5.01 Å². The van der Waals surface area contributed by atoms with Crippen LogP contribution in [0.1, 0.15) is 28.6 Å². The van der Waals surface area contributed by atoms with Gasteiger partial charge in [-0.05, 0) is 35.7 Å². The highest BCUT2D eigenvalue weighted by molar-refractivity contribution is 7.10. The zero-order chi connectivity index (χ0) is 15.9. The number of thiazole rings is 1. The standard InChI is InChI=1S/C15H14N2O3S2/c1-10-8-22-15(17-10)12(6-16)13(18)7-20-14(19)3-2-11-4-5-21-9-11/h4-5,8-9,12H,2-3,7H2,1H3/t12-/m0/s1. The molecule has 2 aromatic heterocycles. The van der Waals surface area contributed by atoms with Crippen LogP contribution in [-0.4, -0.2) is 23.3 Å². The molecule has 0 aliphatic heterocycles. The number of Topliss-reactive ketones (excluding diaryl/α,β-unsaturated/α-hetero) is 1. The van der Waals surface area contributed by atoms with Crippen molar-refractivity contribution in [2.24, 2.45) is 0 Å². The summed E-state index contributed by atoms with van der Waals surface area (Å²) in [5.41, 5.74) is 1.84. The van der Waals surface area contributed by atoms with Gasteiger partial charge in [-0.3, -0.25) is 9.59 Å². The number of nitrogens with zero attached hydrogens (tertiary/aromatic N) is 2. The summed E-state index contributed by atoms with van der Waals surface area (Å²) < 4.78 is 4.95. The van der Waals surface area contributed by atoms with Crippen molar-refractivity contribution in [2.45, 2.75) is 25.7 Å². The molecule has 0 aliphatic carbocycles. The number of esters is 1. The molecule has 0 N–H and O–H groups in total. The summed E-state index contributed by atoms with van der Waals surface area (Å²) >= 11 is 2.83. The van der Waals surface area contributed by atoms with E-state index in [1.165, 1.54) is 11.3 Å². The van der Waals surface area contributed by atoms with Crippen LogP contribution >= 0.6 is 22.7 Å². The Hall–Kier alpha value is -2.04. The summed E-state index contributed by atoms with van der Waals surface area (Å²) in [4.78, 5) is 27.8. The molecule has 0 aromatic carbocycles. The van der Waals surface area contributed by atoms with E-state index in [9.17, 15) is 9.59 Å². The van der Waals surface area contributed by atoms with Crippen molar-refractivity contribution in [3.05, 3.63) is 38.5 Å². The van der Waals surface area contributed by atoms with E-state index < -0.39 is 17.7 Å². The highest BCUT2D eigenvalue weighted by Gasteiger charge is 2.24. The predicted molar refractivity (Wildman–Crippen MR) is 83.8 cm³/mol. The first-order valence-corrected chi connectivity index (χ1v) is 8.43. The molecule has 2 rings (SSSR count). The molecule has 0 fully saturated rings. The average Bonchev–Trinajstić information content (AvgIpc) is 3.15. The molecule has 0 amide bonds. The Kier molecular flexibility index (Phi) is 5.81. The highest BCUT2D eigenvalue weighted by atomic mass is 32.1. The first kappa shape index (κ1) is 16.3. The Morgan fingerprint density at radius 1 is 1.45 bits per heavy atom. The van der Waals surface area contributed by atoms with Gasteiger partial charge < -0.3 is 4.74 Å². The molecule has 0 spiro atoms. The summed E-state index contributed by atoms with van der Waals surface area (Å²) in [6, 6.07) is 3.86. The van der Waals surface area contributed by atoms with Crippen molar-refractivity contribution in [3.63, 3.8) is 0 Å². The van der Waals surface area contributed by atoms with Crippen molar-refractivity contribution < 1.29 is 14.3 Å². The molecule has 0 aliphatic rings. The molecule has 0 unspecified atom stereocenters. The molecule has 2 heterocycles. The fourth-order valence-electron chi connectivity index (χ4n) is 1.76. The summed E-state index contributed by atoms with van der Waals surface area (Å²) in [5, 5.41) is 15.2. The van der Waals surface area contributed by atoms with E-state index in [2.05, 4.69) is 4.98 Å². The lowest BCUT2D eigenvalue weighted by Gasteiger charge is -2.06. The topological polar surface area (TPSA) is 80.0 Å². The normalized spacial score (nSPS) is 11.6. The predicted octanol–water partition coefficient (Wildman–Crippen LogP) is 2.87. The fourth-order valence-corrected chi connectivity index (χ4v) is 3.32. The van der Waals surface area contributed by atoms with Crippen LogP contribution in [0.4, 0.5) is 0 Å². The third-order valence-corrected chi connectivity index (χ3v) is 4.67. The second-order valence-electron chi connectivity index (χ2n) is 4.65. The Balaban J connectivity index is 1.81. The van der Waals surface area contributed by atoms with Crippen molar-refractivity contribution in [1.82, 2.24) is 4.98 Å². The molecule has 0 saturated carbocycles. The largest absolute Gasteiger partial charge is 0.458 e. The van der Waals surface area contributed by atoms with E-state index in [-0.39, 0.29) is 13.0 Å². The van der Waals surface area contributed by atoms with Crippen LogP contribution in [0, 0.1) is 18.3 Å². The van der Waals surface area contributed by atoms with E-state index in [0.29, 0.717) is 11.4 Å². The quantitative estimate of drug-likeness (QED) is 0.727. The monoisotopic (exact) mass is 334 g/mol. The Labute approximate surface area is 136 Å². The molecular weight excluding hydrogens is 320 g/mol. The molecule has 22 heavy (non-hydrogen) atoms. The summed E-state index contributed by atoms with van der Waals surface area (Å²) in [6.07, 6.45) is 0.807. The second kappa shape index (κ2) is 7.82. The average molecular weight is 334 g/mol. The van der Waals surface area contributed by atoms with Gasteiger partial charge in [0.25, 0.3) is 0 Å². The Morgan fingerprint density at radius 3 is 2.86 bits per heavy atom. The summed E-state index contributed by atoms with van der Waals surface area (Å²) in [6.45, 7) is 1.41. The zero-order valence-electron chi connectivity index (χ0n) is 11.9. The van der Waals surface area contributed by atoms with Gasteiger partial charge in [0.15, 0.2) is 18.3 Å². The van der Waals surface area contributed by atoms with E-state index in [4.69, 9.17) is 10.00 Å². The Morgan fingerprint density at radius 2 is 2.27 bits per heavy atom. The van der Waals surface area contributed by atoms with Gasteiger partial charge >= 0.3 is 5.97 Å². The molecule has 0 saturated heterocycles. The number of ether oxygens (including phenoxy) is 1. The van der Waals surface area contributed by atoms with Crippen LogP contribution in [0.2, 0.25) is 0 Å². The number of nitriles is 1. The highest BCUT2D eigenvalue weighted by Crippen LogP contribution is 2.20. The van der Waals surface area contributed by atoms with Crippen LogP contribution in [0.15, 0.2) is 22.2 Å². The number of carbonyl (C=O) groups excluding carboxylic acids is 2. The van der Waals surface area contributed by atoms with Crippen LogP contribution in [-0.2, 0) is 20.7 Å². The summed E-state index contributed by atoms with van der Waals surface area (Å²) in [7, 11) is 0. The van der Waals surface area contributed by atoms with Crippen LogP contribution in [0.5, 0.6) is 0 Å². The van der Waals surface area contributed by atoms with Gasteiger partial charge in [-0.2, -0.15) is 16.6 Å². The number of carbonyl (C=O) groups is 2. The Bertz CT molecular complexity index is 686. The third-order valence-electron chi connectivity index (χ3n) is 2.91. The second-order valence-corrected chi connectivity index (χ2v) is 6.32. The zero-order valence-corrected chi connectivity index (χ0v) is 13.6. The minimum Gasteiger partial charge on any atom is -0.458 e. The lowest BCUT2D eigenvalue weighted by molar-refractivity contribution is -0.148. The van der Waals surface area contributed by atoms with E-state index in [1.807, 2.05) is 22.9 Å². The lowest BCUT2D eigenvalue weighted by atomic mass is 10.1. The molecular formula is C15H14N2O3S2. The first-order chi connectivity index (χ1) is 10.6. The van der Waals surface area contributed by atoms with Crippen molar-refractivity contribution in [3.8, 4) is 6.07 Å². The van der Waals surface area contributed by atoms with Gasteiger partial charge in [0.2, 0.25) is 0 Å². The van der Waals surface area contributed by atoms with Crippen LogP contribution in [0.25, 0.3) is 0 Å². The van der Waals surface area contributed by atoms with Crippen molar-refractivity contribution in [2.75, 3.05) is 6.61 Å². The van der Waals surface area contributed by atoms with Crippen LogP contribution in [0.3, 0.4) is 0 Å². The molecule has 0 radical (unpaired) electrons. The number of hydrogen-bond donors (Lipinski definition) is 0. The smallest absolute Gasteiger partial charge is 0.306 e. The first-order valence-electron chi connectivity index (χ1n) is 6.61. The maximum atomic E-state index is 12.0. The van der Waals surface area contributed by atoms with Gasteiger partial charge in [0.05, 0.1) is 6.07 Å². The lowest BCUT2D eigenvalue weighted by Crippen LogP contribution is -2.20. The number of ketones is 1. The maximum absolute atomic E-state index is 12.0. The number of rotatable bonds is 7. The third kappa shape index (κ3) is 4.48. The molecule has 5 nitrogen and oxygen atoms in total. The van der Waals surface area contributed by atoms with Gasteiger partial charge in [-0.1, -0.05) is 0 Å². The van der Waals surface area contributed by atoms with Gasteiger partial charge in [-0.15, -0.1) is 11.3 Å². The number of aryl methyl sites for hydroxylation is 2. The van der Waals surface area contributed by atoms with Gasteiger partial charge in [-0.25, -0.2) is 4.98 Å². The minimum absolute atomic E-state index is 0.220. The molecule has 114 valence electrons. The van der Waals surface area contributed by atoms with E-state index in [0.717, 1.165) is 11.3 Å². The molecule has 0 bridgehead atoms. The van der Waals surface area contributed by atoms with Crippen molar-refractivity contribution in [1.29, 1.82) is 5.26 Å². The molecule has 2 aromatic rings. The number of hydrogen-bond acceptors (Lipinski definition) is 7. The molecule has 7 heteroatoms. The minimum atomic E-state index is -0.969. The summed E-state index contributed by atoms with van der Waals surface area (Å²) in [5.74, 6) is -1.85. The van der Waals surface area contributed by atoms with E-state index >= 15 is 0 Å². The molecule has 1 atom stereocenters. The maximum Gasteiger partial charge on any atom is 0.306 e. The number of aromatic nitrogens is 1.